The Labute approximate surface area is 100 Å². The first-order chi connectivity index (χ1) is 7.24. The molecule has 1 saturated heterocycles. The van der Waals surface area contributed by atoms with E-state index < -0.39 is 0 Å². The van der Waals surface area contributed by atoms with Gasteiger partial charge < -0.3 is 4.74 Å². The fraction of sp³-hybridized carbons (Fsp3) is 0.750. The van der Waals surface area contributed by atoms with E-state index in [9.17, 15) is 4.79 Å². The highest BCUT2D eigenvalue weighted by molar-refractivity contribution is 9.11. The molecule has 1 unspecified atom stereocenters. The summed E-state index contributed by atoms with van der Waals surface area (Å²) >= 11 is 3.50. The first kappa shape index (κ1) is 12.8. The zero-order valence-corrected chi connectivity index (χ0v) is 10.9. The van der Waals surface area contributed by atoms with Gasteiger partial charge in [0.15, 0.2) is 0 Å². The molecule has 0 spiro atoms. The van der Waals surface area contributed by atoms with Gasteiger partial charge in [0.25, 0.3) is 0 Å². The Morgan fingerprint density at radius 1 is 1.60 bits per heavy atom. The van der Waals surface area contributed by atoms with E-state index in [0.29, 0.717) is 6.42 Å². The van der Waals surface area contributed by atoms with E-state index in [1.165, 1.54) is 19.3 Å². The molecule has 0 aliphatic carbocycles. The van der Waals surface area contributed by atoms with Gasteiger partial charge in [-0.2, -0.15) is 0 Å². The molecule has 2 nitrogen and oxygen atoms in total. The maximum atomic E-state index is 11.1. The quantitative estimate of drug-likeness (QED) is 0.561. The summed E-state index contributed by atoms with van der Waals surface area (Å²) in [6, 6.07) is 0. The van der Waals surface area contributed by atoms with Crippen LogP contribution in [0.15, 0.2) is 10.6 Å². The first-order valence-electron chi connectivity index (χ1n) is 5.79. The molecule has 1 heterocycles. The van der Waals surface area contributed by atoms with E-state index in [1.807, 2.05) is 0 Å². The second-order valence-electron chi connectivity index (χ2n) is 3.96. The van der Waals surface area contributed by atoms with Crippen molar-refractivity contribution in [1.29, 1.82) is 0 Å². The molecular formula is C12H19BrO2. The minimum Gasteiger partial charge on any atom is -0.457 e. The van der Waals surface area contributed by atoms with Crippen LogP contribution in [0.25, 0.3) is 0 Å². The number of ether oxygens (including phenoxy) is 1. The number of esters is 1. The lowest BCUT2D eigenvalue weighted by atomic mass is 10.1. The average Bonchev–Trinajstić information content (AvgIpc) is 2.24. The molecule has 3 heteroatoms. The summed E-state index contributed by atoms with van der Waals surface area (Å²) in [5.41, 5.74) is 0. The number of hydrogen-bond acceptors (Lipinski definition) is 2. The van der Waals surface area contributed by atoms with Crippen LogP contribution in [0.2, 0.25) is 0 Å². The summed E-state index contributed by atoms with van der Waals surface area (Å²) < 4.78 is 6.30. The van der Waals surface area contributed by atoms with E-state index in [1.54, 1.807) is 0 Å². The minimum atomic E-state index is -0.0647. The highest BCUT2D eigenvalue weighted by atomic mass is 79.9. The summed E-state index contributed by atoms with van der Waals surface area (Å²) in [5.74, 6) is -0.0647. The summed E-state index contributed by atoms with van der Waals surface area (Å²) in [4.78, 5) is 11.1. The zero-order chi connectivity index (χ0) is 11.1. The minimum absolute atomic E-state index is 0.0205. The van der Waals surface area contributed by atoms with Crippen molar-refractivity contribution in [3.05, 3.63) is 10.6 Å². The number of cyclic esters (lactones) is 1. The molecule has 0 amide bonds. The fourth-order valence-corrected chi connectivity index (χ4v) is 2.22. The van der Waals surface area contributed by atoms with Crippen LogP contribution in [0.1, 0.15) is 51.9 Å². The Bertz CT molecular complexity index is 236. The molecular weight excluding hydrogens is 256 g/mol. The van der Waals surface area contributed by atoms with Gasteiger partial charge in [0, 0.05) is 10.9 Å². The van der Waals surface area contributed by atoms with Gasteiger partial charge in [0.1, 0.15) is 6.10 Å². The molecule has 0 radical (unpaired) electrons. The van der Waals surface area contributed by atoms with Crippen molar-refractivity contribution in [2.24, 2.45) is 0 Å². The standard InChI is InChI=1S/C12H19BrO2/c1-2-3-4-5-7-10(13)11-8-6-9-12(14)15-11/h7,11H,2-6,8-9H2,1H3/b10-7+. The van der Waals surface area contributed by atoms with Gasteiger partial charge in [-0.05, 0) is 25.7 Å². The number of carbonyl (C=O) groups is 1. The molecule has 1 aliphatic heterocycles. The van der Waals surface area contributed by atoms with Crippen molar-refractivity contribution in [3.63, 3.8) is 0 Å². The highest BCUT2D eigenvalue weighted by Crippen LogP contribution is 2.25. The normalized spacial score (nSPS) is 22.7. The van der Waals surface area contributed by atoms with Crippen molar-refractivity contribution in [3.8, 4) is 0 Å². The average molecular weight is 275 g/mol. The van der Waals surface area contributed by atoms with Crippen molar-refractivity contribution in [2.75, 3.05) is 0 Å². The Morgan fingerprint density at radius 3 is 3.07 bits per heavy atom. The zero-order valence-electron chi connectivity index (χ0n) is 9.30. The van der Waals surface area contributed by atoms with Gasteiger partial charge in [-0.25, -0.2) is 0 Å². The highest BCUT2D eigenvalue weighted by Gasteiger charge is 2.22. The van der Waals surface area contributed by atoms with E-state index >= 15 is 0 Å². The number of hydrogen-bond donors (Lipinski definition) is 0. The van der Waals surface area contributed by atoms with Crippen LogP contribution in [0.5, 0.6) is 0 Å². The SMILES string of the molecule is CCCCC/C=C(/Br)C1CCCC(=O)O1. The predicted molar refractivity (Wildman–Crippen MR) is 64.9 cm³/mol. The molecule has 0 aromatic rings. The number of halogens is 1. The number of rotatable bonds is 5. The smallest absolute Gasteiger partial charge is 0.306 e. The molecule has 15 heavy (non-hydrogen) atoms. The van der Waals surface area contributed by atoms with Gasteiger partial charge >= 0.3 is 5.97 Å². The predicted octanol–water partition coefficient (Wildman–Crippen LogP) is 3.94. The van der Waals surface area contributed by atoms with E-state index in [2.05, 4.69) is 28.9 Å². The molecule has 0 bridgehead atoms. The molecule has 1 atom stereocenters. The van der Waals surface area contributed by atoms with Gasteiger partial charge in [0.2, 0.25) is 0 Å². The van der Waals surface area contributed by atoms with Gasteiger partial charge in [-0.3, -0.25) is 4.79 Å². The lowest BCUT2D eigenvalue weighted by molar-refractivity contribution is -0.150. The van der Waals surface area contributed by atoms with Crippen LogP contribution in [0, 0.1) is 0 Å². The molecule has 1 fully saturated rings. The number of carbonyl (C=O) groups excluding carboxylic acids is 1. The Balaban J connectivity index is 2.30. The number of allylic oxidation sites excluding steroid dienone is 1. The lowest BCUT2D eigenvalue weighted by Crippen LogP contribution is -2.23. The van der Waals surface area contributed by atoms with Crippen molar-refractivity contribution < 1.29 is 9.53 Å². The van der Waals surface area contributed by atoms with Gasteiger partial charge in [-0.15, -0.1) is 0 Å². The Hall–Kier alpha value is -0.310. The van der Waals surface area contributed by atoms with Crippen LogP contribution in [-0.2, 0) is 9.53 Å². The summed E-state index contributed by atoms with van der Waals surface area (Å²) in [7, 11) is 0. The van der Waals surface area contributed by atoms with Crippen molar-refractivity contribution in [1.82, 2.24) is 0 Å². The van der Waals surface area contributed by atoms with Crippen LogP contribution >= 0.6 is 15.9 Å². The van der Waals surface area contributed by atoms with E-state index in [-0.39, 0.29) is 12.1 Å². The third kappa shape index (κ3) is 4.83. The molecule has 0 aromatic heterocycles. The van der Waals surface area contributed by atoms with Gasteiger partial charge in [0.05, 0.1) is 0 Å². The lowest BCUT2D eigenvalue weighted by Gasteiger charge is -2.21. The Kier molecular flexibility index (Phi) is 5.99. The molecule has 1 rings (SSSR count). The van der Waals surface area contributed by atoms with Crippen molar-refractivity contribution >= 4 is 21.9 Å². The fourth-order valence-electron chi connectivity index (χ4n) is 1.67. The largest absolute Gasteiger partial charge is 0.457 e. The second-order valence-corrected chi connectivity index (χ2v) is 4.87. The third-order valence-corrected chi connectivity index (χ3v) is 3.41. The van der Waals surface area contributed by atoms with Crippen LogP contribution < -0.4 is 0 Å². The molecule has 0 saturated carbocycles. The molecule has 1 aliphatic rings. The second kappa shape index (κ2) is 7.04. The third-order valence-electron chi connectivity index (χ3n) is 2.58. The summed E-state index contributed by atoms with van der Waals surface area (Å²) in [6.07, 6.45) is 9.40. The van der Waals surface area contributed by atoms with Gasteiger partial charge in [-0.1, -0.05) is 41.8 Å². The van der Waals surface area contributed by atoms with E-state index in [0.717, 1.165) is 23.7 Å². The molecule has 0 aromatic carbocycles. The van der Waals surface area contributed by atoms with Crippen LogP contribution in [0.3, 0.4) is 0 Å². The molecule has 0 N–H and O–H groups in total. The van der Waals surface area contributed by atoms with Crippen LogP contribution in [0.4, 0.5) is 0 Å². The maximum Gasteiger partial charge on any atom is 0.306 e. The molecule has 86 valence electrons. The van der Waals surface area contributed by atoms with Crippen molar-refractivity contribution in [2.45, 2.75) is 58.0 Å². The topological polar surface area (TPSA) is 26.3 Å². The monoisotopic (exact) mass is 274 g/mol. The maximum absolute atomic E-state index is 11.1. The van der Waals surface area contributed by atoms with E-state index in [4.69, 9.17) is 4.74 Å². The van der Waals surface area contributed by atoms with Crippen LogP contribution in [-0.4, -0.2) is 12.1 Å². The summed E-state index contributed by atoms with van der Waals surface area (Å²) in [6.45, 7) is 2.20. The first-order valence-corrected chi connectivity index (χ1v) is 6.58. The summed E-state index contributed by atoms with van der Waals surface area (Å²) in [5, 5.41) is 0. The Morgan fingerprint density at radius 2 is 2.40 bits per heavy atom. The number of unbranched alkanes of at least 4 members (excludes halogenated alkanes) is 3.